The average molecular weight is 165 g/mol. The van der Waals surface area contributed by atoms with Crippen LogP contribution < -0.4 is 16.8 Å². The fraction of sp³-hybridized carbons (Fsp3) is 0.125. The smallest absolute Gasteiger partial charge is 0.221 e. The molecule has 4 nitrogen and oxygen atoms in total. The van der Waals surface area contributed by atoms with Crippen LogP contribution in [0.5, 0.6) is 0 Å². The number of anilines is 3. The Hall–Kier alpha value is -1.71. The highest BCUT2D eigenvalue weighted by Gasteiger charge is 1.97. The number of amides is 1. The lowest BCUT2D eigenvalue weighted by Gasteiger charge is -2.04. The van der Waals surface area contributed by atoms with Crippen molar-refractivity contribution in [2.75, 3.05) is 16.8 Å². The Kier molecular flexibility index (Phi) is 2.19. The number of hydrogen-bond donors (Lipinski definition) is 3. The van der Waals surface area contributed by atoms with Gasteiger partial charge in [-0.15, -0.1) is 0 Å². The minimum atomic E-state index is -0.126. The SMILES string of the molecule is CC(=O)Nc1ccc(N)c(N)c1. The number of nitrogens with one attached hydrogen (secondary N) is 1. The molecule has 5 N–H and O–H groups in total. The molecule has 0 spiro atoms. The van der Waals surface area contributed by atoms with E-state index in [0.717, 1.165) is 0 Å². The van der Waals surface area contributed by atoms with Crippen molar-refractivity contribution in [3.05, 3.63) is 18.2 Å². The fourth-order valence-electron chi connectivity index (χ4n) is 0.856. The first-order chi connectivity index (χ1) is 5.59. The van der Waals surface area contributed by atoms with E-state index in [1.807, 2.05) is 0 Å². The van der Waals surface area contributed by atoms with Crippen molar-refractivity contribution >= 4 is 23.0 Å². The number of nitrogen functional groups attached to an aromatic ring is 2. The van der Waals surface area contributed by atoms with Crippen molar-refractivity contribution in [3.63, 3.8) is 0 Å². The van der Waals surface area contributed by atoms with Crippen LogP contribution >= 0.6 is 0 Å². The van der Waals surface area contributed by atoms with Crippen LogP contribution in [0.3, 0.4) is 0 Å². The van der Waals surface area contributed by atoms with E-state index in [4.69, 9.17) is 11.5 Å². The Balaban J connectivity index is 2.89. The van der Waals surface area contributed by atoms with Gasteiger partial charge >= 0.3 is 0 Å². The highest BCUT2D eigenvalue weighted by atomic mass is 16.1. The molecular formula is C8H11N3O. The van der Waals surface area contributed by atoms with E-state index in [0.29, 0.717) is 17.1 Å². The van der Waals surface area contributed by atoms with Crippen LogP contribution in [0.25, 0.3) is 0 Å². The van der Waals surface area contributed by atoms with Crippen molar-refractivity contribution in [2.24, 2.45) is 0 Å². The molecule has 0 radical (unpaired) electrons. The Morgan fingerprint density at radius 1 is 1.33 bits per heavy atom. The maximum atomic E-state index is 10.6. The van der Waals surface area contributed by atoms with Crippen molar-refractivity contribution in [3.8, 4) is 0 Å². The lowest BCUT2D eigenvalue weighted by atomic mass is 10.2. The predicted octanol–water partition coefficient (Wildman–Crippen LogP) is 0.809. The third-order valence-electron chi connectivity index (χ3n) is 1.41. The van der Waals surface area contributed by atoms with Crippen LogP contribution in [0, 0.1) is 0 Å². The maximum absolute atomic E-state index is 10.6. The third-order valence-corrected chi connectivity index (χ3v) is 1.41. The molecule has 0 aliphatic carbocycles. The number of carbonyl (C=O) groups excluding carboxylic acids is 1. The summed E-state index contributed by atoms with van der Waals surface area (Å²) in [7, 11) is 0. The molecule has 1 amide bonds. The van der Waals surface area contributed by atoms with E-state index >= 15 is 0 Å². The Bertz CT molecular complexity index is 309. The second kappa shape index (κ2) is 3.13. The standard InChI is InChI=1S/C8H11N3O/c1-5(12)11-6-2-3-7(9)8(10)4-6/h2-4H,9-10H2,1H3,(H,11,12). The lowest BCUT2D eigenvalue weighted by molar-refractivity contribution is -0.114. The van der Waals surface area contributed by atoms with Crippen LogP contribution in [0.15, 0.2) is 18.2 Å². The van der Waals surface area contributed by atoms with Crippen LogP contribution in [0.4, 0.5) is 17.1 Å². The molecule has 0 heterocycles. The first-order valence-corrected chi connectivity index (χ1v) is 3.52. The molecule has 0 saturated carbocycles. The molecule has 0 aromatic heterocycles. The molecule has 12 heavy (non-hydrogen) atoms. The van der Waals surface area contributed by atoms with E-state index in [1.165, 1.54) is 6.92 Å². The summed E-state index contributed by atoms with van der Waals surface area (Å²) in [5, 5.41) is 2.60. The van der Waals surface area contributed by atoms with Gasteiger partial charge in [0.2, 0.25) is 5.91 Å². The van der Waals surface area contributed by atoms with Gasteiger partial charge in [0.1, 0.15) is 0 Å². The number of rotatable bonds is 1. The zero-order valence-corrected chi connectivity index (χ0v) is 6.79. The summed E-state index contributed by atoms with van der Waals surface area (Å²) in [6, 6.07) is 4.98. The minimum absolute atomic E-state index is 0.126. The molecule has 0 atom stereocenters. The van der Waals surface area contributed by atoms with Gasteiger partial charge in [-0.25, -0.2) is 0 Å². The molecule has 1 aromatic carbocycles. The molecule has 0 bridgehead atoms. The first kappa shape index (κ1) is 8.39. The normalized spacial score (nSPS) is 9.42. The maximum Gasteiger partial charge on any atom is 0.221 e. The first-order valence-electron chi connectivity index (χ1n) is 3.52. The van der Waals surface area contributed by atoms with E-state index < -0.39 is 0 Å². The highest BCUT2D eigenvalue weighted by Crippen LogP contribution is 2.19. The lowest BCUT2D eigenvalue weighted by Crippen LogP contribution is -2.06. The van der Waals surface area contributed by atoms with E-state index in [2.05, 4.69) is 5.32 Å². The second-order valence-corrected chi connectivity index (χ2v) is 2.52. The summed E-state index contributed by atoms with van der Waals surface area (Å²) in [5.74, 6) is -0.126. The summed E-state index contributed by atoms with van der Waals surface area (Å²) in [5.41, 5.74) is 12.7. The molecule has 0 fully saturated rings. The van der Waals surface area contributed by atoms with E-state index in [-0.39, 0.29) is 5.91 Å². The molecule has 4 heteroatoms. The van der Waals surface area contributed by atoms with Gasteiger partial charge in [-0.2, -0.15) is 0 Å². The summed E-state index contributed by atoms with van der Waals surface area (Å²) in [6.45, 7) is 1.44. The van der Waals surface area contributed by atoms with Gasteiger partial charge in [-0.3, -0.25) is 4.79 Å². The molecule has 64 valence electrons. The highest BCUT2D eigenvalue weighted by molar-refractivity contribution is 5.89. The summed E-state index contributed by atoms with van der Waals surface area (Å²) < 4.78 is 0. The fourth-order valence-corrected chi connectivity index (χ4v) is 0.856. The predicted molar refractivity (Wildman–Crippen MR) is 49.6 cm³/mol. The molecule has 0 aliphatic heterocycles. The van der Waals surface area contributed by atoms with Crippen molar-refractivity contribution in [1.82, 2.24) is 0 Å². The Labute approximate surface area is 70.6 Å². The zero-order valence-electron chi connectivity index (χ0n) is 6.79. The number of carbonyl (C=O) groups is 1. The van der Waals surface area contributed by atoms with Gasteiger partial charge in [0.15, 0.2) is 0 Å². The van der Waals surface area contributed by atoms with Crippen LogP contribution in [-0.4, -0.2) is 5.91 Å². The van der Waals surface area contributed by atoms with Gasteiger partial charge in [-0.05, 0) is 18.2 Å². The van der Waals surface area contributed by atoms with Crippen molar-refractivity contribution in [2.45, 2.75) is 6.92 Å². The number of hydrogen-bond acceptors (Lipinski definition) is 3. The molecular weight excluding hydrogens is 154 g/mol. The largest absolute Gasteiger partial charge is 0.397 e. The molecule has 0 aliphatic rings. The van der Waals surface area contributed by atoms with Gasteiger partial charge in [-0.1, -0.05) is 0 Å². The van der Waals surface area contributed by atoms with Crippen LogP contribution in [-0.2, 0) is 4.79 Å². The summed E-state index contributed by atoms with van der Waals surface area (Å²) >= 11 is 0. The quantitative estimate of drug-likeness (QED) is 0.538. The van der Waals surface area contributed by atoms with Crippen LogP contribution in [0.1, 0.15) is 6.92 Å². The number of nitrogens with two attached hydrogens (primary N) is 2. The average Bonchev–Trinajstić information content (AvgIpc) is 1.96. The topological polar surface area (TPSA) is 81.1 Å². The molecule has 1 rings (SSSR count). The summed E-state index contributed by atoms with van der Waals surface area (Å²) in [4.78, 5) is 10.6. The number of benzene rings is 1. The van der Waals surface area contributed by atoms with Crippen molar-refractivity contribution < 1.29 is 4.79 Å². The van der Waals surface area contributed by atoms with Gasteiger partial charge < -0.3 is 16.8 Å². The van der Waals surface area contributed by atoms with Crippen LogP contribution in [0.2, 0.25) is 0 Å². The minimum Gasteiger partial charge on any atom is -0.397 e. The monoisotopic (exact) mass is 165 g/mol. The van der Waals surface area contributed by atoms with E-state index in [9.17, 15) is 4.79 Å². The van der Waals surface area contributed by atoms with Gasteiger partial charge in [0.05, 0.1) is 11.4 Å². The van der Waals surface area contributed by atoms with Gasteiger partial charge in [0.25, 0.3) is 0 Å². The van der Waals surface area contributed by atoms with Crippen molar-refractivity contribution in [1.29, 1.82) is 0 Å². The molecule has 1 aromatic rings. The zero-order chi connectivity index (χ0) is 9.14. The Morgan fingerprint density at radius 3 is 2.50 bits per heavy atom. The summed E-state index contributed by atoms with van der Waals surface area (Å²) in [6.07, 6.45) is 0. The van der Waals surface area contributed by atoms with Gasteiger partial charge in [0, 0.05) is 12.6 Å². The third kappa shape index (κ3) is 1.88. The molecule has 0 unspecified atom stereocenters. The second-order valence-electron chi connectivity index (χ2n) is 2.52. The van der Waals surface area contributed by atoms with E-state index in [1.54, 1.807) is 18.2 Å². The Morgan fingerprint density at radius 2 is 2.00 bits per heavy atom. The molecule has 0 saturated heterocycles.